The van der Waals surface area contributed by atoms with Gasteiger partial charge in [-0.05, 0) is 11.6 Å². The van der Waals surface area contributed by atoms with Crippen molar-refractivity contribution in [1.82, 2.24) is 0 Å². The van der Waals surface area contributed by atoms with E-state index < -0.39 is 23.1 Å². The van der Waals surface area contributed by atoms with Crippen molar-refractivity contribution in [3.05, 3.63) is 0 Å². The predicted octanol–water partition coefficient (Wildman–Crippen LogP) is 0.820. The smallest absolute Gasteiger partial charge is 0.338 e. The monoisotopic (exact) mass is 192 g/mol. The summed E-state index contributed by atoms with van der Waals surface area (Å²) in [5, 5.41) is -0.602. The highest BCUT2D eigenvalue weighted by molar-refractivity contribution is 6.63. The SMILES string of the molecule is CC1(C)OC(=O)[C@@H](CC(=O)Cl)O1. The molecule has 1 saturated heterocycles. The standard InChI is InChI=1S/C7H9ClO4/c1-7(2)11-4(3-5(8)9)6(10)12-7/h4H,3H2,1-2H3/t4-/m1/s1. The molecule has 1 fully saturated rings. The normalized spacial score (nSPS) is 26.9. The summed E-state index contributed by atoms with van der Waals surface area (Å²) in [7, 11) is 0. The van der Waals surface area contributed by atoms with Crippen LogP contribution in [0.2, 0.25) is 0 Å². The fourth-order valence-corrected chi connectivity index (χ4v) is 1.13. The van der Waals surface area contributed by atoms with Crippen molar-refractivity contribution < 1.29 is 19.1 Å². The van der Waals surface area contributed by atoms with E-state index in [9.17, 15) is 9.59 Å². The Morgan fingerprint density at radius 1 is 1.67 bits per heavy atom. The molecule has 0 aromatic rings. The molecule has 0 spiro atoms. The molecule has 0 bridgehead atoms. The van der Waals surface area contributed by atoms with Crippen LogP contribution in [0, 0.1) is 0 Å². The van der Waals surface area contributed by atoms with Crippen LogP contribution in [-0.4, -0.2) is 23.1 Å². The van der Waals surface area contributed by atoms with Crippen molar-refractivity contribution in [3.8, 4) is 0 Å². The Morgan fingerprint density at radius 3 is 2.58 bits per heavy atom. The lowest BCUT2D eigenvalue weighted by Gasteiger charge is -2.14. The Morgan fingerprint density at radius 2 is 2.25 bits per heavy atom. The minimum absolute atomic E-state index is 0.135. The molecule has 4 nitrogen and oxygen atoms in total. The summed E-state index contributed by atoms with van der Waals surface area (Å²) in [6.45, 7) is 3.20. The summed E-state index contributed by atoms with van der Waals surface area (Å²) in [6, 6.07) is 0. The molecule has 1 aliphatic rings. The molecule has 5 heteroatoms. The molecular weight excluding hydrogens is 184 g/mol. The van der Waals surface area contributed by atoms with Gasteiger partial charge in [-0.2, -0.15) is 0 Å². The first-order valence-corrected chi connectivity index (χ1v) is 3.87. The molecule has 1 atom stereocenters. The van der Waals surface area contributed by atoms with Crippen LogP contribution in [0.4, 0.5) is 0 Å². The number of ether oxygens (including phenoxy) is 2. The zero-order valence-electron chi connectivity index (χ0n) is 6.80. The maximum atomic E-state index is 11.0. The average molecular weight is 193 g/mol. The van der Waals surface area contributed by atoms with Gasteiger partial charge >= 0.3 is 5.97 Å². The Hall–Kier alpha value is -0.610. The topological polar surface area (TPSA) is 52.6 Å². The molecule has 68 valence electrons. The van der Waals surface area contributed by atoms with E-state index >= 15 is 0 Å². The molecule has 0 aromatic carbocycles. The Balaban J connectivity index is 2.58. The third-order valence-electron chi connectivity index (χ3n) is 1.38. The molecule has 0 unspecified atom stereocenters. The van der Waals surface area contributed by atoms with Crippen molar-refractivity contribution in [2.24, 2.45) is 0 Å². The van der Waals surface area contributed by atoms with Gasteiger partial charge in [-0.25, -0.2) is 4.79 Å². The fourth-order valence-electron chi connectivity index (χ4n) is 0.993. The molecule has 0 amide bonds. The van der Waals surface area contributed by atoms with Gasteiger partial charge in [0.05, 0.1) is 6.42 Å². The van der Waals surface area contributed by atoms with Crippen molar-refractivity contribution in [3.63, 3.8) is 0 Å². The first-order chi connectivity index (χ1) is 5.41. The molecule has 0 radical (unpaired) electrons. The van der Waals surface area contributed by atoms with Gasteiger partial charge in [0, 0.05) is 13.8 Å². The summed E-state index contributed by atoms with van der Waals surface area (Å²) in [6.07, 6.45) is -0.978. The molecule has 12 heavy (non-hydrogen) atoms. The zero-order chi connectivity index (χ0) is 9.35. The third-order valence-corrected chi connectivity index (χ3v) is 1.54. The van der Waals surface area contributed by atoms with Gasteiger partial charge in [0.15, 0.2) is 6.10 Å². The Kier molecular flexibility index (Phi) is 2.39. The van der Waals surface area contributed by atoms with Crippen LogP contribution in [0.15, 0.2) is 0 Å². The van der Waals surface area contributed by atoms with Crippen LogP contribution in [-0.2, 0) is 19.1 Å². The van der Waals surface area contributed by atoms with E-state index in [4.69, 9.17) is 21.1 Å². The molecule has 0 N–H and O–H groups in total. The molecule has 0 saturated carbocycles. The minimum atomic E-state index is -0.936. The van der Waals surface area contributed by atoms with Crippen LogP contribution < -0.4 is 0 Å². The van der Waals surface area contributed by atoms with Crippen LogP contribution in [0.25, 0.3) is 0 Å². The molecule has 0 aromatic heterocycles. The quantitative estimate of drug-likeness (QED) is 0.480. The van der Waals surface area contributed by atoms with E-state index in [1.54, 1.807) is 13.8 Å². The first kappa shape index (κ1) is 9.48. The number of carbonyl (C=O) groups is 2. The van der Waals surface area contributed by atoms with E-state index in [0.717, 1.165) is 0 Å². The van der Waals surface area contributed by atoms with Gasteiger partial charge in [0.2, 0.25) is 11.0 Å². The number of hydrogen-bond donors (Lipinski definition) is 0. The van der Waals surface area contributed by atoms with Crippen LogP contribution in [0.5, 0.6) is 0 Å². The lowest BCUT2D eigenvalue weighted by molar-refractivity contribution is -0.160. The molecule has 1 aliphatic heterocycles. The van der Waals surface area contributed by atoms with Gasteiger partial charge in [-0.1, -0.05) is 0 Å². The van der Waals surface area contributed by atoms with E-state index in [1.165, 1.54) is 0 Å². The van der Waals surface area contributed by atoms with Crippen LogP contribution in [0.1, 0.15) is 20.3 Å². The predicted molar refractivity (Wildman–Crippen MR) is 40.5 cm³/mol. The third kappa shape index (κ3) is 2.19. The summed E-state index contributed by atoms with van der Waals surface area (Å²) in [5.74, 6) is -1.47. The minimum Gasteiger partial charge on any atom is -0.432 e. The fraction of sp³-hybridized carbons (Fsp3) is 0.714. The van der Waals surface area contributed by atoms with Crippen molar-refractivity contribution in [2.75, 3.05) is 0 Å². The lowest BCUT2D eigenvalue weighted by Crippen LogP contribution is -2.22. The highest BCUT2D eigenvalue weighted by atomic mass is 35.5. The van der Waals surface area contributed by atoms with Gasteiger partial charge in [-0.15, -0.1) is 0 Å². The number of carbonyl (C=O) groups excluding carboxylic acids is 2. The van der Waals surface area contributed by atoms with Gasteiger partial charge in [0.1, 0.15) is 0 Å². The van der Waals surface area contributed by atoms with Gasteiger partial charge in [0.25, 0.3) is 0 Å². The number of rotatable bonds is 2. The number of halogens is 1. The largest absolute Gasteiger partial charge is 0.432 e. The Labute approximate surface area is 74.8 Å². The molecule has 1 heterocycles. The number of hydrogen-bond acceptors (Lipinski definition) is 4. The highest BCUT2D eigenvalue weighted by Crippen LogP contribution is 2.25. The maximum absolute atomic E-state index is 11.0. The van der Waals surface area contributed by atoms with Crippen LogP contribution in [0.3, 0.4) is 0 Å². The second kappa shape index (κ2) is 3.03. The van der Waals surface area contributed by atoms with Gasteiger partial charge < -0.3 is 9.47 Å². The first-order valence-electron chi connectivity index (χ1n) is 3.50. The lowest BCUT2D eigenvalue weighted by atomic mass is 10.3. The number of esters is 1. The maximum Gasteiger partial charge on any atom is 0.338 e. The summed E-state index contributed by atoms with van der Waals surface area (Å²) in [5.41, 5.74) is 0. The van der Waals surface area contributed by atoms with Gasteiger partial charge in [-0.3, -0.25) is 4.79 Å². The summed E-state index contributed by atoms with van der Waals surface area (Å²) in [4.78, 5) is 21.4. The second-order valence-electron chi connectivity index (χ2n) is 2.99. The zero-order valence-corrected chi connectivity index (χ0v) is 7.55. The van der Waals surface area contributed by atoms with E-state index in [1.807, 2.05) is 0 Å². The molecule has 0 aliphatic carbocycles. The van der Waals surface area contributed by atoms with E-state index in [0.29, 0.717) is 0 Å². The molecular formula is C7H9ClO4. The van der Waals surface area contributed by atoms with Crippen molar-refractivity contribution in [2.45, 2.75) is 32.2 Å². The highest BCUT2D eigenvalue weighted by Gasteiger charge is 2.41. The van der Waals surface area contributed by atoms with E-state index in [-0.39, 0.29) is 6.42 Å². The molecule has 1 rings (SSSR count). The van der Waals surface area contributed by atoms with Crippen LogP contribution >= 0.6 is 11.6 Å². The summed E-state index contributed by atoms with van der Waals surface area (Å²) >= 11 is 5.09. The number of cyclic esters (lactones) is 1. The van der Waals surface area contributed by atoms with E-state index in [2.05, 4.69) is 0 Å². The average Bonchev–Trinajstić information content (AvgIpc) is 2.03. The Bertz CT molecular complexity index is 223. The van der Waals surface area contributed by atoms with Crippen molar-refractivity contribution in [1.29, 1.82) is 0 Å². The summed E-state index contributed by atoms with van der Waals surface area (Å²) < 4.78 is 9.88. The second-order valence-corrected chi connectivity index (χ2v) is 3.41. The van der Waals surface area contributed by atoms with Crippen molar-refractivity contribution >= 4 is 22.8 Å².